The predicted octanol–water partition coefficient (Wildman–Crippen LogP) is -1.08. The summed E-state index contributed by atoms with van der Waals surface area (Å²) in [5.41, 5.74) is 0. The molecule has 0 aromatic rings. The topological polar surface area (TPSA) is 0 Å². The SMILES string of the molecule is S.[AlH3].[Co].[Mo]. The third-order valence-electron chi connectivity index (χ3n) is 0. The summed E-state index contributed by atoms with van der Waals surface area (Å²) in [7, 11) is 0. The van der Waals surface area contributed by atoms with Gasteiger partial charge in [-0.3, -0.25) is 0 Å². The van der Waals surface area contributed by atoms with Gasteiger partial charge < -0.3 is 0 Å². The van der Waals surface area contributed by atoms with Gasteiger partial charge in [-0.15, -0.1) is 0 Å². The molecule has 0 saturated heterocycles. The minimum atomic E-state index is 0. The second-order valence-electron chi connectivity index (χ2n) is 0. The Morgan fingerprint density at radius 3 is 1.00 bits per heavy atom. The molecule has 0 bridgehead atoms. The van der Waals surface area contributed by atoms with Gasteiger partial charge in [-0.05, 0) is 0 Å². The molecule has 0 saturated carbocycles. The average molecular weight is 219 g/mol. The zero-order valence-corrected chi connectivity index (χ0v) is 5.29. The minimum absolute atomic E-state index is 0. The first-order valence-corrected chi connectivity index (χ1v) is 0. The van der Waals surface area contributed by atoms with Crippen LogP contribution in [-0.2, 0) is 37.8 Å². The van der Waals surface area contributed by atoms with Crippen LogP contribution in [0.15, 0.2) is 0 Å². The maximum Gasteiger partial charge on any atom is 0.187 e. The molecule has 0 atom stereocenters. The van der Waals surface area contributed by atoms with E-state index in [-0.39, 0.29) is 68.7 Å². The molecular weight excluding hydrogens is 214 g/mol. The van der Waals surface area contributed by atoms with E-state index in [0.29, 0.717) is 0 Å². The average Bonchev–Trinajstić information content (AvgIpc) is 0. The number of hydrogen-bond donors (Lipinski definition) is 0. The van der Waals surface area contributed by atoms with Crippen molar-refractivity contribution in [2.45, 2.75) is 0 Å². The van der Waals surface area contributed by atoms with Gasteiger partial charge in [0.2, 0.25) is 0 Å². The molecular formula is H5AlCoMoS. The van der Waals surface area contributed by atoms with Crippen molar-refractivity contribution >= 4 is 30.9 Å². The molecule has 29 valence electrons. The maximum absolute atomic E-state index is 0. The van der Waals surface area contributed by atoms with Gasteiger partial charge >= 0.3 is 0 Å². The van der Waals surface area contributed by atoms with E-state index in [1.807, 2.05) is 0 Å². The summed E-state index contributed by atoms with van der Waals surface area (Å²) < 4.78 is 0. The summed E-state index contributed by atoms with van der Waals surface area (Å²) in [5.74, 6) is 0. The van der Waals surface area contributed by atoms with Gasteiger partial charge in [-0.1, -0.05) is 0 Å². The first-order valence-electron chi connectivity index (χ1n) is 0. The smallest absolute Gasteiger partial charge is 0.187 e. The summed E-state index contributed by atoms with van der Waals surface area (Å²) in [6.45, 7) is 0. The molecule has 4 heavy (non-hydrogen) atoms. The van der Waals surface area contributed by atoms with Crippen LogP contribution in [0.25, 0.3) is 0 Å². The quantitative estimate of drug-likeness (QED) is 0.455. The summed E-state index contributed by atoms with van der Waals surface area (Å²) in [6, 6.07) is 0. The van der Waals surface area contributed by atoms with Gasteiger partial charge in [0.15, 0.2) is 17.4 Å². The van der Waals surface area contributed by atoms with E-state index in [2.05, 4.69) is 0 Å². The summed E-state index contributed by atoms with van der Waals surface area (Å²) >= 11 is 0. The van der Waals surface area contributed by atoms with Gasteiger partial charge in [0, 0.05) is 37.8 Å². The van der Waals surface area contributed by atoms with Crippen molar-refractivity contribution in [2.75, 3.05) is 0 Å². The van der Waals surface area contributed by atoms with Gasteiger partial charge in [0.05, 0.1) is 0 Å². The van der Waals surface area contributed by atoms with Crippen LogP contribution in [0, 0.1) is 0 Å². The summed E-state index contributed by atoms with van der Waals surface area (Å²) in [6.07, 6.45) is 0. The van der Waals surface area contributed by atoms with Crippen molar-refractivity contribution < 1.29 is 37.8 Å². The molecule has 0 unspecified atom stereocenters. The van der Waals surface area contributed by atoms with E-state index in [4.69, 9.17) is 0 Å². The van der Waals surface area contributed by atoms with Crippen LogP contribution in [0.1, 0.15) is 0 Å². The van der Waals surface area contributed by atoms with Gasteiger partial charge in [-0.25, -0.2) is 0 Å². The molecule has 0 rings (SSSR count). The van der Waals surface area contributed by atoms with E-state index in [9.17, 15) is 0 Å². The van der Waals surface area contributed by atoms with E-state index in [1.165, 1.54) is 0 Å². The van der Waals surface area contributed by atoms with Gasteiger partial charge in [-0.2, -0.15) is 13.5 Å². The Morgan fingerprint density at radius 1 is 1.00 bits per heavy atom. The van der Waals surface area contributed by atoms with E-state index >= 15 is 0 Å². The van der Waals surface area contributed by atoms with E-state index in [0.717, 1.165) is 0 Å². The Labute approximate surface area is 68.1 Å². The van der Waals surface area contributed by atoms with Crippen molar-refractivity contribution in [3.05, 3.63) is 0 Å². The molecule has 0 spiro atoms. The number of hydrogen-bond acceptors (Lipinski definition) is 0. The Hall–Kier alpha value is 2.08. The van der Waals surface area contributed by atoms with Crippen molar-refractivity contribution in [2.24, 2.45) is 0 Å². The Kier molecular flexibility index (Phi) is 178. The van der Waals surface area contributed by atoms with Gasteiger partial charge in [0.1, 0.15) is 0 Å². The second-order valence-corrected chi connectivity index (χ2v) is 0. The molecule has 0 N–H and O–H groups in total. The van der Waals surface area contributed by atoms with Crippen LogP contribution >= 0.6 is 13.5 Å². The fourth-order valence-electron chi connectivity index (χ4n) is 0. The van der Waals surface area contributed by atoms with Crippen LogP contribution in [-0.4, -0.2) is 17.4 Å². The molecule has 0 aromatic carbocycles. The monoisotopic (exact) mass is 221 g/mol. The molecule has 0 aliphatic carbocycles. The second kappa shape index (κ2) is 19.6. The Morgan fingerprint density at radius 2 is 1.00 bits per heavy atom. The molecule has 0 nitrogen and oxygen atoms in total. The minimum Gasteiger partial charge on any atom is -0.197 e. The fraction of sp³-hybridized carbons (Fsp3) is 0. The normalized spacial score (nSPS) is 0. The van der Waals surface area contributed by atoms with E-state index in [1.54, 1.807) is 0 Å². The molecule has 0 aliphatic heterocycles. The van der Waals surface area contributed by atoms with Crippen LogP contribution in [0.3, 0.4) is 0 Å². The molecule has 0 fully saturated rings. The van der Waals surface area contributed by atoms with Crippen molar-refractivity contribution in [1.29, 1.82) is 0 Å². The van der Waals surface area contributed by atoms with E-state index < -0.39 is 0 Å². The summed E-state index contributed by atoms with van der Waals surface area (Å²) in [4.78, 5) is 0. The van der Waals surface area contributed by atoms with Gasteiger partial charge in [0.25, 0.3) is 0 Å². The van der Waals surface area contributed by atoms with Crippen molar-refractivity contribution in [1.82, 2.24) is 0 Å². The Balaban J connectivity index is 0. The summed E-state index contributed by atoms with van der Waals surface area (Å²) in [5, 5.41) is 0. The molecule has 4 heteroatoms. The third-order valence-corrected chi connectivity index (χ3v) is 0. The van der Waals surface area contributed by atoms with Crippen LogP contribution in [0.5, 0.6) is 0 Å². The largest absolute Gasteiger partial charge is 0.197 e. The van der Waals surface area contributed by atoms with Crippen molar-refractivity contribution in [3.63, 3.8) is 0 Å². The fourth-order valence-corrected chi connectivity index (χ4v) is 0. The molecule has 0 aromatic heterocycles. The molecule has 1 radical (unpaired) electrons. The zero-order valence-electron chi connectivity index (χ0n) is 1.24. The Bertz CT molecular complexity index is 8.00. The third kappa shape index (κ3) is 8.95. The maximum atomic E-state index is 0. The molecule has 0 amide bonds. The zero-order chi connectivity index (χ0) is 0. The standard InChI is InChI=1S/Al.Co.Mo.H2S.3H/h;;;1H2;;;. The first kappa shape index (κ1) is 36.3. The molecule has 0 aliphatic rings. The first-order chi connectivity index (χ1) is 0. The van der Waals surface area contributed by atoms with Crippen LogP contribution in [0.2, 0.25) is 0 Å². The predicted molar refractivity (Wildman–Crippen MR) is 20.3 cm³/mol. The number of rotatable bonds is 0. The van der Waals surface area contributed by atoms with Crippen LogP contribution in [0.4, 0.5) is 0 Å². The van der Waals surface area contributed by atoms with Crippen molar-refractivity contribution in [3.8, 4) is 0 Å². The molecule has 0 heterocycles. The van der Waals surface area contributed by atoms with Crippen LogP contribution < -0.4 is 0 Å².